The first-order valence-corrected chi connectivity index (χ1v) is 7.43. The number of carbonyl (C=O) groups excluding carboxylic acids is 1. The van der Waals surface area contributed by atoms with Crippen molar-refractivity contribution in [3.63, 3.8) is 0 Å². The molecular weight excluding hydrogens is 256 g/mol. The molecule has 1 atom stereocenters. The van der Waals surface area contributed by atoms with E-state index in [1.807, 2.05) is 25.7 Å². The second kappa shape index (κ2) is 6.46. The molecule has 0 bridgehead atoms. The molecule has 5 nitrogen and oxygen atoms in total. The van der Waals surface area contributed by atoms with Crippen molar-refractivity contribution < 1.29 is 14.7 Å². The molecule has 0 saturated heterocycles. The standard InChI is InChI=1S/C15H28N2O3/c1-10(2)8-9-17(11-6-7-11)14(20)16-12(13(18)19)15(3,4)5/h10-12H,6-9H2,1-5H3,(H,16,20)(H,18,19)/t12-/m0/s1. The smallest absolute Gasteiger partial charge is 0.326 e. The summed E-state index contributed by atoms with van der Waals surface area (Å²) in [6, 6.07) is -0.811. The van der Waals surface area contributed by atoms with Crippen molar-refractivity contribution in [1.82, 2.24) is 10.2 Å². The number of nitrogens with zero attached hydrogens (tertiary/aromatic N) is 1. The number of aliphatic carboxylic acids is 1. The van der Waals surface area contributed by atoms with Gasteiger partial charge in [0.2, 0.25) is 0 Å². The molecule has 0 unspecified atom stereocenters. The Labute approximate surface area is 121 Å². The molecule has 2 N–H and O–H groups in total. The number of hydrogen-bond donors (Lipinski definition) is 2. The molecule has 20 heavy (non-hydrogen) atoms. The van der Waals surface area contributed by atoms with E-state index in [9.17, 15) is 14.7 Å². The third-order valence-corrected chi connectivity index (χ3v) is 3.58. The Bertz CT molecular complexity index is 357. The Morgan fingerprint density at radius 1 is 1.30 bits per heavy atom. The van der Waals surface area contributed by atoms with Gasteiger partial charge in [-0.2, -0.15) is 0 Å². The molecule has 0 spiro atoms. The Morgan fingerprint density at radius 3 is 2.20 bits per heavy atom. The van der Waals surface area contributed by atoms with Crippen molar-refractivity contribution in [2.45, 2.75) is 66.0 Å². The average Bonchev–Trinajstić information content (AvgIpc) is 3.07. The molecule has 0 heterocycles. The van der Waals surface area contributed by atoms with Gasteiger partial charge in [0.05, 0.1) is 0 Å². The highest BCUT2D eigenvalue weighted by atomic mass is 16.4. The number of nitrogens with one attached hydrogen (secondary N) is 1. The van der Waals surface area contributed by atoms with Gasteiger partial charge in [0, 0.05) is 12.6 Å². The third kappa shape index (κ3) is 5.02. The first kappa shape index (κ1) is 16.8. The molecule has 116 valence electrons. The van der Waals surface area contributed by atoms with Gasteiger partial charge < -0.3 is 15.3 Å². The van der Waals surface area contributed by atoms with E-state index in [0.29, 0.717) is 18.5 Å². The Balaban J connectivity index is 2.67. The largest absolute Gasteiger partial charge is 0.480 e. The minimum atomic E-state index is -0.981. The van der Waals surface area contributed by atoms with E-state index in [1.165, 1.54) is 0 Å². The fraction of sp³-hybridized carbons (Fsp3) is 0.867. The van der Waals surface area contributed by atoms with Crippen LogP contribution >= 0.6 is 0 Å². The first-order valence-electron chi connectivity index (χ1n) is 7.43. The van der Waals surface area contributed by atoms with E-state index in [-0.39, 0.29) is 6.03 Å². The summed E-state index contributed by atoms with van der Waals surface area (Å²) in [5.74, 6) is -0.451. The van der Waals surface area contributed by atoms with Crippen LogP contribution in [-0.2, 0) is 4.79 Å². The van der Waals surface area contributed by atoms with Gasteiger partial charge >= 0.3 is 12.0 Å². The number of urea groups is 1. The Morgan fingerprint density at radius 2 is 1.85 bits per heavy atom. The van der Waals surface area contributed by atoms with Gasteiger partial charge in [0.1, 0.15) is 6.04 Å². The van der Waals surface area contributed by atoms with E-state index in [2.05, 4.69) is 19.2 Å². The quantitative estimate of drug-likeness (QED) is 0.788. The van der Waals surface area contributed by atoms with Crippen molar-refractivity contribution in [2.75, 3.05) is 6.54 Å². The predicted molar refractivity (Wildman–Crippen MR) is 78.6 cm³/mol. The van der Waals surface area contributed by atoms with Crippen molar-refractivity contribution in [1.29, 1.82) is 0 Å². The molecule has 0 aromatic heterocycles. The fourth-order valence-corrected chi connectivity index (χ4v) is 2.09. The molecule has 0 aliphatic heterocycles. The maximum absolute atomic E-state index is 12.4. The second-order valence-electron chi connectivity index (χ2n) is 7.19. The summed E-state index contributed by atoms with van der Waals surface area (Å²) in [6.07, 6.45) is 2.99. The van der Waals surface area contributed by atoms with Crippen molar-refractivity contribution in [2.24, 2.45) is 11.3 Å². The van der Waals surface area contributed by atoms with E-state index >= 15 is 0 Å². The Hall–Kier alpha value is -1.26. The maximum atomic E-state index is 12.4. The van der Waals surface area contributed by atoms with Crippen LogP contribution in [0, 0.1) is 11.3 Å². The van der Waals surface area contributed by atoms with Gasteiger partial charge in [0.15, 0.2) is 0 Å². The summed E-state index contributed by atoms with van der Waals surface area (Å²) in [7, 11) is 0. The van der Waals surface area contributed by atoms with Gasteiger partial charge in [-0.25, -0.2) is 9.59 Å². The zero-order valence-electron chi connectivity index (χ0n) is 13.3. The van der Waals surface area contributed by atoms with E-state index < -0.39 is 17.4 Å². The molecule has 0 aromatic carbocycles. The molecule has 1 rings (SSSR count). The van der Waals surface area contributed by atoms with E-state index in [4.69, 9.17) is 0 Å². The molecule has 1 fully saturated rings. The minimum Gasteiger partial charge on any atom is -0.480 e. The topological polar surface area (TPSA) is 69.6 Å². The number of amides is 2. The highest BCUT2D eigenvalue weighted by molar-refractivity contribution is 5.83. The van der Waals surface area contributed by atoms with Gasteiger partial charge in [-0.15, -0.1) is 0 Å². The molecule has 2 amide bonds. The number of hydrogen-bond acceptors (Lipinski definition) is 2. The van der Waals surface area contributed by atoms with Crippen molar-refractivity contribution in [3.8, 4) is 0 Å². The average molecular weight is 284 g/mol. The van der Waals surface area contributed by atoms with Gasteiger partial charge in [-0.1, -0.05) is 34.6 Å². The first-order chi connectivity index (χ1) is 9.12. The van der Waals surface area contributed by atoms with E-state index in [1.54, 1.807) is 0 Å². The fourth-order valence-electron chi connectivity index (χ4n) is 2.09. The van der Waals surface area contributed by atoms with Crippen LogP contribution in [0.3, 0.4) is 0 Å². The van der Waals surface area contributed by atoms with Crippen LogP contribution in [0.4, 0.5) is 4.79 Å². The molecule has 1 saturated carbocycles. The van der Waals surface area contributed by atoms with Crippen LogP contribution < -0.4 is 5.32 Å². The SMILES string of the molecule is CC(C)CCN(C(=O)N[C@@H](C(=O)O)C(C)(C)C)C1CC1. The van der Waals surface area contributed by atoms with Gasteiger partial charge in [-0.05, 0) is 30.6 Å². The minimum absolute atomic E-state index is 0.240. The molecule has 0 aromatic rings. The van der Waals surface area contributed by atoms with E-state index in [0.717, 1.165) is 19.3 Å². The lowest BCUT2D eigenvalue weighted by atomic mass is 9.87. The summed E-state index contributed by atoms with van der Waals surface area (Å²) in [5, 5.41) is 12.0. The molecule has 0 radical (unpaired) electrons. The van der Waals surface area contributed by atoms with Crippen molar-refractivity contribution >= 4 is 12.0 Å². The van der Waals surface area contributed by atoms with Crippen LogP contribution in [0.2, 0.25) is 0 Å². The van der Waals surface area contributed by atoms with Gasteiger partial charge in [-0.3, -0.25) is 0 Å². The zero-order valence-corrected chi connectivity index (χ0v) is 13.3. The third-order valence-electron chi connectivity index (χ3n) is 3.58. The van der Waals surface area contributed by atoms with Crippen LogP contribution in [0.5, 0.6) is 0 Å². The van der Waals surface area contributed by atoms with Crippen LogP contribution in [0.15, 0.2) is 0 Å². The van der Waals surface area contributed by atoms with Crippen LogP contribution in [0.25, 0.3) is 0 Å². The summed E-state index contributed by atoms with van der Waals surface area (Å²) in [4.78, 5) is 25.5. The number of carboxylic acid groups (broad SMARTS) is 1. The van der Waals surface area contributed by atoms with Gasteiger partial charge in [0.25, 0.3) is 0 Å². The lowest BCUT2D eigenvalue weighted by Crippen LogP contribution is -2.54. The summed E-state index contributed by atoms with van der Waals surface area (Å²) in [6.45, 7) is 10.4. The Kier molecular flexibility index (Phi) is 5.42. The second-order valence-corrected chi connectivity index (χ2v) is 7.19. The summed E-state index contributed by atoms with van der Waals surface area (Å²) < 4.78 is 0. The number of carboxylic acids is 1. The molecular formula is C15H28N2O3. The van der Waals surface area contributed by atoms with Crippen LogP contribution in [0.1, 0.15) is 53.9 Å². The molecule has 5 heteroatoms. The normalized spacial score (nSPS) is 16.9. The predicted octanol–water partition coefficient (Wildman–Crippen LogP) is 2.71. The molecule has 1 aliphatic rings. The summed E-state index contributed by atoms with van der Waals surface area (Å²) >= 11 is 0. The highest BCUT2D eigenvalue weighted by Gasteiger charge is 2.37. The van der Waals surface area contributed by atoms with Crippen LogP contribution in [-0.4, -0.2) is 40.6 Å². The lowest BCUT2D eigenvalue weighted by molar-refractivity contribution is -0.142. The highest BCUT2D eigenvalue weighted by Crippen LogP contribution is 2.28. The maximum Gasteiger partial charge on any atom is 0.326 e. The lowest BCUT2D eigenvalue weighted by Gasteiger charge is -2.31. The summed E-state index contributed by atoms with van der Waals surface area (Å²) in [5.41, 5.74) is -0.505. The monoisotopic (exact) mass is 284 g/mol. The molecule has 1 aliphatic carbocycles. The number of carbonyl (C=O) groups is 2. The number of rotatable bonds is 6. The van der Waals surface area contributed by atoms with Crippen molar-refractivity contribution in [3.05, 3.63) is 0 Å². The zero-order chi connectivity index (χ0) is 15.5.